The molecule has 1 aliphatic heterocycles. The van der Waals surface area contributed by atoms with E-state index in [0.717, 1.165) is 12.5 Å². The van der Waals surface area contributed by atoms with Crippen LogP contribution < -0.4 is 5.32 Å². The van der Waals surface area contributed by atoms with Crippen LogP contribution in [0.15, 0.2) is 4.99 Å². The number of nitrogens with one attached hydrogen (secondary N) is 1. The lowest BCUT2D eigenvalue weighted by molar-refractivity contribution is 0.312. The van der Waals surface area contributed by atoms with Gasteiger partial charge in [0.25, 0.3) is 0 Å². The Labute approximate surface area is 110 Å². The van der Waals surface area contributed by atoms with Crippen molar-refractivity contribution in [2.24, 2.45) is 16.3 Å². The fraction of sp³-hybridized carbons (Fsp3) is 0.929. The van der Waals surface area contributed by atoms with Crippen molar-refractivity contribution in [1.82, 2.24) is 5.32 Å². The third-order valence-electron chi connectivity index (χ3n) is 4.01. The van der Waals surface area contributed by atoms with Gasteiger partial charge in [0.2, 0.25) is 0 Å². The lowest BCUT2D eigenvalue weighted by Gasteiger charge is -2.28. The predicted octanol–water partition coefficient (Wildman–Crippen LogP) is 3.67. The number of rotatable bonds is 3. The molecule has 1 N–H and O–H groups in total. The number of amidine groups is 1. The van der Waals surface area contributed by atoms with Gasteiger partial charge in [0, 0.05) is 11.3 Å². The van der Waals surface area contributed by atoms with E-state index in [1.54, 1.807) is 0 Å². The summed E-state index contributed by atoms with van der Waals surface area (Å²) < 4.78 is 0. The quantitative estimate of drug-likeness (QED) is 0.831. The highest BCUT2D eigenvalue weighted by atomic mass is 32.2. The van der Waals surface area contributed by atoms with E-state index in [4.69, 9.17) is 0 Å². The molecule has 0 bridgehead atoms. The summed E-state index contributed by atoms with van der Waals surface area (Å²) in [7, 11) is 0. The van der Waals surface area contributed by atoms with Gasteiger partial charge in [-0.25, -0.2) is 0 Å². The first-order valence-electron chi connectivity index (χ1n) is 6.95. The zero-order chi connectivity index (χ0) is 12.5. The minimum atomic E-state index is 0.444. The Balaban J connectivity index is 1.81. The van der Waals surface area contributed by atoms with Crippen molar-refractivity contribution in [2.75, 3.05) is 6.54 Å². The fourth-order valence-corrected chi connectivity index (χ4v) is 4.19. The second-order valence-electron chi connectivity index (χ2n) is 6.59. The molecule has 1 aliphatic carbocycles. The van der Waals surface area contributed by atoms with Gasteiger partial charge in [0.05, 0.1) is 6.54 Å². The zero-order valence-corrected chi connectivity index (χ0v) is 12.4. The molecule has 2 aliphatic rings. The molecule has 2 rings (SSSR count). The van der Waals surface area contributed by atoms with E-state index in [1.165, 1.54) is 30.9 Å². The smallest absolute Gasteiger partial charge is 0.157 e. The van der Waals surface area contributed by atoms with E-state index < -0.39 is 0 Å². The molecule has 2 unspecified atom stereocenters. The lowest BCUT2D eigenvalue weighted by atomic mass is 9.87. The van der Waals surface area contributed by atoms with Crippen LogP contribution >= 0.6 is 11.8 Å². The molecule has 0 spiro atoms. The van der Waals surface area contributed by atoms with Crippen molar-refractivity contribution in [3.63, 3.8) is 0 Å². The van der Waals surface area contributed by atoms with Crippen molar-refractivity contribution in [3.05, 3.63) is 0 Å². The first kappa shape index (κ1) is 13.3. The number of hydrogen-bond acceptors (Lipinski definition) is 3. The molecular weight excluding hydrogens is 228 g/mol. The first-order chi connectivity index (χ1) is 7.97. The SMILES string of the molecule is CC(C)CC1CN=C(NC2CCCC2(C)C)S1. The standard InChI is InChI=1S/C14H26N2S/c1-10(2)8-11-9-15-13(17-11)16-12-6-5-7-14(12,3)4/h10-12H,5-9H2,1-4H3,(H,15,16). The molecule has 0 saturated heterocycles. The van der Waals surface area contributed by atoms with Crippen LogP contribution in [-0.4, -0.2) is 23.0 Å². The molecular formula is C14H26N2S. The van der Waals surface area contributed by atoms with Crippen molar-refractivity contribution in [3.8, 4) is 0 Å². The van der Waals surface area contributed by atoms with Gasteiger partial charge in [0.15, 0.2) is 5.17 Å². The van der Waals surface area contributed by atoms with E-state index >= 15 is 0 Å². The normalized spacial score (nSPS) is 31.9. The van der Waals surface area contributed by atoms with Gasteiger partial charge in [-0.1, -0.05) is 45.9 Å². The maximum absolute atomic E-state index is 4.67. The molecule has 2 nitrogen and oxygen atoms in total. The molecule has 1 saturated carbocycles. The van der Waals surface area contributed by atoms with Crippen LogP contribution in [0.2, 0.25) is 0 Å². The average Bonchev–Trinajstić information content (AvgIpc) is 2.75. The summed E-state index contributed by atoms with van der Waals surface area (Å²) in [6.07, 6.45) is 5.30. The molecule has 0 aromatic heterocycles. The van der Waals surface area contributed by atoms with Gasteiger partial charge >= 0.3 is 0 Å². The second kappa shape index (κ2) is 5.21. The molecule has 98 valence electrons. The summed E-state index contributed by atoms with van der Waals surface area (Å²) in [5.41, 5.74) is 0.444. The first-order valence-corrected chi connectivity index (χ1v) is 7.83. The molecule has 1 heterocycles. The highest BCUT2D eigenvalue weighted by Crippen LogP contribution is 2.38. The lowest BCUT2D eigenvalue weighted by Crippen LogP contribution is -2.40. The van der Waals surface area contributed by atoms with E-state index in [-0.39, 0.29) is 0 Å². The average molecular weight is 254 g/mol. The second-order valence-corrected chi connectivity index (χ2v) is 7.88. The van der Waals surface area contributed by atoms with Gasteiger partial charge in [0.1, 0.15) is 0 Å². The highest BCUT2D eigenvalue weighted by molar-refractivity contribution is 8.14. The Hall–Kier alpha value is -0.180. The van der Waals surface area contributed by atoms with Crippen molar-refractivity contribution in [1.29, 1.82) is 0 Å². The molecule has 0 radical (unpaired) electrons. The van der Waals surface area contributed by atoms with E-state index in [9.17, 15) is 0 Å². The monoisotopic (exact) mass is 254 g/mol. The van der Waals surface area contributed by atoms with E-state index in [0.29, 0.717) is 16.7 Å². The molecule has 17 heavy (non-hydrogen) atoms. The number of nitrogens with zero attached hydrogens (tertiary/aromatic N) is 1. The molecule has 3 heteroatoms. The summed E-state index contributed by atoms with van der Waals surface area (Å²) in [5, 5.41) is 5.60. The van der Waals surface area contributed by atoms with E-state index in [2.05, 4.69) is 38.0 Å². The molecule has 0 aromatic rings. The Kier molecular flexibility index (Phi) is 4.06. The third kappa shape index (κ3) is 3.40. The Morgan fingerprint density at radius 3 is 2.82 bits per heavy atom. The molecule has 2 atom stereocenters. The van der Waals surface area contributed by atoms with Gasteiger partial charge in [-0.2, -0.15) is 0 Å². The minimum Gasteiger partial charge on any atom is -0.362 e. The summed E-state index contributed by atoms with van der Waals surface area (Å²) in [6, 6.07) is 0.631. The topological polar surface area (TPSA) is 24.4 Å². The van der Waals surface area contributed by atoms with Crippen molar-refractivity contribution >= 4 is 16.9 Å². The Bertz CT molecular complexity index is 297. The maximum atomic E-state index is 4.67. The fourth-order valence-electron chi connectivity index (χ4n) is 2.89. The number of aliphatic imine (C=N–C) groups is 1. The largest absolute Gasteiger partial charge is 0.362 e. The minimum absolute atomic E-state index is 0.444. The van der Waals surface area contributed by atoms with Gasteiger partial charge in [-0.05, 0) is 30.6 Å². The number of thioether (sulfide) groups is 1. The highest BCUT2D eigenvalue weighted by Gasteiger charge is 2.35. The van der Waals surface area contributed by atoms with E-state index in [1.807, 2.05) is 11.8 Å². The van der Waals surface area contributed by atoms with Crippen molar-refractivity contribution in [2.45, 2.75) is 64.7 Å². The summed E-state index contributed by atoms with van der Waals surface area (Å²) in [4.78, 5) is 4.67. The van der Waals surface area contributed by atoms with Gasteiger partial charge < -0.3 is 5.32 Å². The maximum Gasteiger partial charge on any atom is 0.157 e. The third-order valence-corrected chi connectivity index (χ3v) is 5.15. The Morgan fingerprint density at radius 1 is 1.47 bits per heavy atom. The zero-order valence-electron chi connectivity index (χ0n) is 11.6. The predicted molar refractivity (Wildman–Crippen MR) is 77.7 cm³/mol. The summed E-state index contributed by atoms with van der Waals surface area (Å²) in [5.74, 6) is 0.782. The van der Waals surface area contributed by atoms with Crippen LogP contribution in [0.3, 0.4) is 0 Å². The van der Waals surface area contributed by atoms with Crippen molar-refractivity contribution < 1.29 is 0 Å². The molecule has 1 fully saturated rings. The Morgan fingerprint density at radius 2 is 2.24 bits per heavy atom. The van der Waals surface area contributed by atoms with Gasteiger partial charge in [-0.15, -0.1) is 0 Å². The van der Waals surface area contributed by atoms with Crippen LogP contribution in [0, 0.1) is 11.3 Å². The number of hydrogen-bond donors (Lipinski definition) is 1. The van der Waals surface area contributed by atoms with Crippen LogP contribution in [0.25, 0.3) is 0 Å². The van der Waals surface area contributed by atoms with Crippen LogP contribution in [-0.2, 0) is 0 Å². The van der Waals surface area contributed by atoms with Crippen LogP contribution in [0.5, 0.6) is 0 Å². The molecule has 0 amide bonds. The summed E-state index contributed by atoms with van der Waals surface area (Å²) in [6.45, 7) is 10.4. The van der Waals surface area contributed by atoms with Crippen LogP contribution in [0.4, 0.5) is 0 Å². The van der Waals surface area contributed by atoms with Crippen LogP contribution in [0.1, 0.15) is 53.4 Å². The summed E-state index contributed by atoms with van der Waals surface area (Å²) >= 11 is 1.97. The van der Waals surface area contributed by atoms with Gasteiger partial charge in [-0.3, -0.25) is 4.99 Å². The molecule has 0 aromatic carbocycles.